The van der Waals surface area contributed by atoms with Gasteiger partial charge in [0.05, 0.1) is 6.04 Å². The van der Waals surface area contributed by atoms with E-state index in [4.69, 9.17) is 10.5 Å². The third kappa shape index (κ3) is 4.23. The van der Waals surface area contributed by atoms with E-state index in [1.54, 1.807) is 12.1 Å². The van der Waals surface area contributed by atoms with Crippen LogP contribution in [0.1, 0.15) is 17.5 Å². The van der Waals surface area contributed by atoms with Gasteiger partial charge in [-0.05, 0) is 38.1 Å². The first-order valence-corrected chi connectivity index (χ1v) is 8.66. The van der Waals surface area contributed by atoms with E-state index in [9.17, 15) is 13.6 Å². The van der Waals surface area contributed by atoms with E-state index in [1.807, 2.05) is 11.9 Å². The molecule has 3 N–H and O–H groups in total. The van der Waals surface area contributed by atoms with Gasteiger partial charge in [-0.25, -0.2) is 9.37 Å². The van der Waals surface area contributed by atoms with Crippen molar-refractivity contribution in [2.75, 3.05) is 13.6 Å². The van der Waals surface area contributed by atoms with Crippen LogP contribution in [0.5, 0.6) is 11.6 Å². The van der Waals surface area contributed by atoms with Crippen molar-refractivity contribution in [1.82, 2.24) is 15.2 Å². The summed E-state index contributed by atoms with van der Waals surface area (Å²) in [6.07, 6.45) is 2.07. The van der Waals surface area contributed by atoms with Crippen molar-refractivity contribution in [3.63, 3.8) is 0 Å². The van der Waals surface area contributed by atoms with Gasteiger partial charge >= 0.3 is 0 Å². The number of likely N-dealkylation sites (tertiary alicyclic amines) is 1. The Balaban J connectivity index is 1.71. The number of amides is 1. The molecule has 3 rings (SSSR count). The van der Waals surface area contributed by atoms with E-state index >= 15 is 0 Å². The van der Waals surface area contributed by atoms with Crippen LogP contribution in [-0.2, 0) is 11.3 Å². The maximum atomic E-state index is 14.1. The van der Waals surface area contributed by atoms with E-state index in [1.165, 1.54) is 25.3 Å². The van der Waals surface area contributed by atoms with Crippen LogP contribution < -0.4 is 15.8 Å². The number of benzene rings is 1. The summed E-state index contributed by atoms with van der Waals surface area (Å²) in [6, 6.07) is 5.84. The number of aryl methyl sites for hydroxylation is 1. The number of nitrogens with zero attached hydrogens (tertiary/aromatic N) is 2. The number of nitrogens with two attached hydrogens (primary N) is 1. The van der Waals surface area contributed by atoms with Gasteiger partial charge in [0.1, 0.15) is 0 Å². The maximum Gasteiger partial charge on any atom is 0.237 e. The first kappa shape index (κ1) is 19.2. The van der Waals surface area contributed by atoms with E-state index in [0.717, 1.165) is 0 Å². The number of rotatable bonds is 5. The van der Waals surface area contributed by atoms with Crippen molar-refractivity contribution in [3.8, 4) is 11.6 Å². The molecule has 1 saturated heterocycles. The Labute approximate surface area is 156 Å². The number of hydrogen-bond donors (Lipinski definition) is 2. The Hall–Kier alpha value is -2.58. The van der Waals surface area contributed by atoms with Gasteiger partial charge in [-0.1, -0.05) is 12.1 Å². The van der Waals surface area contributed by atoms with Gasteiger partial charge in [-0.3, -0.25) is 9.69 Å². The fourth-order valence-corrected chi connectivity index (χ4v) is 3.11. The largest absolute Gasteiger partial charge is 0.435 e. The van der Waals surface area contributed by atoms with Gasteiger partial charge in [0, 0.05) is 30.9 Å². The molecule has 2 atom stereocenters. The second-order valence-corrected chi connectivity index (χ2v) is 6.75. The lowest BCUT2D eigenvalue weighted by Gasteiger charge is -2.19. The lowest BCUT2D eigenvalue weighted by molar-refractivity contribution is -0.125. The molecule has 0 unspecified atom stereocenters. The molecule has 1 aliphatic heterocycles. The summed E-state index contributed by atoms with van der Waals surface area (Å²) in [5.74, 6) is -2.33. The summed E-state index contributed by atoms with van der Waals surface area (Å²) in [4.78, 5) is 18.4. The summed E-state index contributed by atoms with van der Waals surface area (Å²) in [5, 5.41) is 2.83. The normalized spacial score (nSPS) is 19.9. The molecule has 0 aliphatic carbocycles. The Kier molecular flexibility index (Phi) is 5.67. The predicted molar refractivity (Wildman–Crippen MR) is 96.3 cm³/mol. The fraction of sp³-hybridized carbons (Fsp3) is 0.368. The third-order valence-corrected chi connectivity index (χ3v) is 4.63. The number of nitrogens with one attached hydrogen (secondary N) is 1. The van der Waals surface area contributed by atoms with Crippen LogP contribution >= 0.6 is 0 Å². The molecule has 1 aromatic carbocycles. The molecule has 2 heterocycles. The van der Waals surface area contributed by atoms with Crippen molar-refractivity contribution in [1.29, 1.82) is 0 Å². The lowest BCUT2D eigenvalue weighted by atomic mass is 10.1. The molecule has 27 heavy (non-hydrogen) atoms. The molecule has 144 valence electrons. The highest BCUT2D eigenvalue weighted by atomic mass is 19.2. The maximum absolute atomic E-state index is 14.1. The molecule has 0 spiro atoms. The number of halogens is 2. The van der Waals surface area contributed by atoms with Crippen LogP contribution in [0.3, 0.4) is 0 Å². The molecule has 8 heteroatoms. The molecule has 0 radical (unpaired) electrons. The SMILES string of the molecule is Cc1ccc(Oc2ncccc2CNC(=O)[C@@H]2C[C@H](N)CN2C)c(F)c1F. The topological polar surface area (TPSA) is 80.5 Å². The van der Waals surface area contributed by atoms with E-state index in [2.05, 4.69) is 10.3 Å². The zero-order valence-corrected chi connectivity index (χ0v) is 15.2. The number of pyridine rings is 1. The zero-order chi connectivity index (χ0) is 19.6. The number of carbonyl (C=O) groups is 1. The van der Waals surface area contributed by atoms with Crippen LogP contribution in [-0.4, -0.2) is 41.5 Å². The highest BCUT2D eigenvalue weighted by molar-refractivity contribution is 5.82. The Morgan fingerprint density at radius 1 is 1.37 bits per heavy atom. The summed E-state index contributed by atoms with van der Waals surface area (Å²) < 4.78 is 33.3. The van der Waals surface area contributed by atoms with Gasteiger partial charge in [-0.2, -0.15) is 4.39 Å². The van der Waals surface area contributed by atoms with Crippen molar-refractivity contribution >= 4 is 5.91 Å². The summed E-state index contributed by atoms with van der Waals surface area (Å²) >= 11 is 0. The van der Waals surface area contributed by atoms with Gasteiger partial charge in [0.2, 0.25) is 17.6 Å². The van der Waals surface area contributed by atoms with Gasteiger partial charge in [0.15, 0.2) is 11.6 Å². The quantitative estimate of drug-likeness (QED) is 0.835. The molecule has 1 aromatic heterocycles. The van der Waals surface area contributed by atoms with Gasteiger partial charge in [-0.15, -0.1) is 0 Å². The summed E-state index contributed by atoms with van der Waals surface area (Å²) in [6.45, 7) is 2.28. The van der Waals surface area contributed by atoms with Crippen molar-refractivity contribution < 1.29 is 18.3 Å². The average molecular weight is 376 g/mol. The highest BCUT2D eigenvalue weighted by Gasteiger charge is 2.32. The molecule has 6 nitrogen and oxygen atoms in total. The van der Waals surface area contributed by atoms with Gasteiger partial charge in [0.25, 0.3) is 0 Å². The zero-order valence-electron chi connectivity index (χ0n) is 15.2. The molecule has 1 fully saturated rings. The molecule has 1 amide bonds. The molecular formula is C19H22F2N4O2. The van der Waals surface area contributed by atoms with Crippen LogP contribution in [0.15, 0.2) is 30.5 Å². The van der Waals surface area contributed by atoms with Crippen LogP contribution in [0, 0.1) is 18.6 Å². The van der Waals surface area contributed by atoms with Crippen molar-refractivity contribution in [2.45, 2.75) is 32.0 Å². The summed E-state index contributed by atoms with van der Waals surface area (Å²) in [5.41, 5.74) is 6.63. The third-order valence-electron chi connectivity index (χ3n) is 4.63. The Bertz CT molecular complexity index is 846. The molecule has 1 aliphatic rings. The predicted octanol–water partition coefficient (Wildman–Crippen LogP) is 2.11. The molecule has 2 aromatic rings. The van der Waals surface area contributed by atoms with E-state index < -0.39 is 11.6 Å². The minimum Gasteiger partial charge on any atom is -0.435 e. The first-order valence-electron chi connectivity index (χ1n) is 8.66. The smallest absolute Gasteiger partial charge is 0.237 e. The fourth-order valence-electron chi connectivity index (χ4n) is 3.11. The lowest BCUT2D eigenvalue weighted by Crippen LogP contribution is -2.41. The van der Waals surface area contributed by atoms with Crippen molar-refractivity contribution in [3.05, 3.63) is 53.2 Å². The van der Waals surface area contributed by atoms with E-state index in [-0.39, 0.29) is 41.7 Å². The number of carbonyl (C=O) groups excluding carboxylic acids is 1. The van der Waals surface area contributed by atoms with Crippen LogP contribution in [0.25, 0.3) is 0 Å². The Morgan fingerprint density at radius 3 is 2.85 bits per heavy atom. The highest BCUT2D eigenvalue weighted by Crippen LogP contribution is 2.28. The van der Waals surface area contributed by atoms with Crippen LogP contribution in [0.2, 0.25) is 0 Å². The minimum absolute atomic E-state index is 0.0255. The second-order valence-electron chi connectivity index (χ2n) is 6.75. The molecule has 0 saturated carbocycles. The standard InChI is InChI=1S/C19H22F2N4O2/c1-11-5-6-15(17(21)16(11)20)27-19-12(4-3-7-23-19)9-24-18(26)14-8-13(22)10-25(14)2/h3-7,13-14H,8-10,22H2,1-2H3,(H,24,26)/t13-,14-/m0/s1. The Morgan fingerprint density at radius 2 is 2.15 bits per heavy atom. The molecule has 0 bridgehead atoms. The number of likely N-dealkylation sites (N-methyl/N-ethyl adjacent to an activating group) is 1. The minimum atomic E-state index is -1.07. The van der Waals surface area contributed by atoms with Crippen molar-refractivity contribution in [2.24, 2.45) is 5.73 Å². The number of ether oxygens (including phenoxy) is 1. The molecular weight excluding hydrogens is 354 g/mol. The second kappa shape index (κ2) is 7.98. The van der Waals surface area contributed by atoms with Gasteiger partial charge < -0.3 is 15.8 Å². The van der Waals surface area contributed by atoms with E-state index in [0.29, 0.717) is 18.5 Å². The monoisotopic (exact) mass is 376 g/mol. The summed E-state index contributed by atoms with van der Waals surface area (Å²) in [7, 11) is 1.85. The average Bonchev–Trinajstić information content (AvgIpc) is 2.99. The van der Waals surface area contributed by atoms with Crippen LogP contribution in [0.4, 0.5) is 8.78 Å². The number of hydrogen-bond acceptors (Lipinski definition) is 5. The number of aromatic nitrogens is 1. The first-order chi connectivity index (χ1) is 12.9.